The van der Waals surface area contributed by atoms with E-state index in [1.807, 2.05) is 18.2 Å². The number of hydrogen-bond acceptors (Lipinski definition) is 4. The van der Waals surface area contributed by atoms with Crippen molar-refractivity contribution in [3.63, 3.8) is 0 Å². The zero-order valence-corrected chi connectivity index (χ0v) is 16.1. The molecule has 2 amide bonds. The van der Waals surface area contributed by atoms with Crippen LogP contribution < -0.4 is 15.8 Å². The van der Waals surface area contributed by atoms with E-state index in [1.54, 1.807) is 18.2 Å². The van der Waals surface area contributed by atoms with Gasteiger partial charge >= 0.3 is 0 Å². The zero-order chi connectivity index (χ0) is 19.8. The minimum absolute atomic E-state index is 0.129. The van der Waals surface area contributed by atoms with E-state index in [1.165, 1.54) is 11.6 Å². The summed E-state index contributed by atoms with van der Waals surface area (Å²) >= 11 is 0. The normalized spacial score (nSPS) is 10.9. The summed E-state index contributed by atoms with van der Waals surface area (Å²) in [7, 11) is 2.08. The van der Waals surface area contributed by atoms with Crippen LogP contribution in [0.3, 0.4) is 0 Å². The quantitative estimate of drug-likeness (QED) is 0.710. The highest BCUT2D eigenvalue weighted by atomic mass is 16.5. The van der Waals surface area contributed by atoms with Crippen molar-refractivity contribution in [3.05, 3.63) is 65.2 Å². The lowest BCUT2D eigenvalue weighted by Gasteiger charge is -2.22. The number of nitrogens with one attached hydrogen (secondary N) is 1. The van der Waals surface area contributed by atoms with Crippen LogP contribution >= 0.6 is 0 Å². The molecular weight excluding hydrogens is 342 g/mol. The molecule has 0 bridgehead atoms. The third kappa shape index (κ3) is 6.42. The Bertz CT molecular complexity index is 790. The van der Waals surface area contributed by atoms with Crippen LogP contribution in [0.25, 0.3) is 0 Å². The van der Waals surface area contributed by atoms with Crippen LogP contribution in [0.1, 0.15) is 35.3 Å². The molecule has 0 aromatic heterocycles. The summed E-state index contributed by atoms with van der Waals surface area (Å²) in [4.78, 5) is 25.5. The molecule has 2 aromatic rings. The highest BCUT2D eigenvalue weighted by molar-refractivity contribution is 5.93. The monoisotopic (exact) mass is 369 g/mol. The minimum Gasteiger partial charge on any atom is -0.484 e. The predicted molar refractivity (Wildman–Crippen MR) is 105 cm³/mol. The molecule has 0 aliphatic heterocycles. The first-order chi connectivity index (χ1) is 12.9. The van der Waals surface area contributed by atoms with Gasteiger partial charge in [0.2, 0.25) is 5.91 Å². The van der Waals surface area contributed by atoms with Gasteiger partial charge in [-0.1, -0.05) is 30.3 Å². The molecule has 6 heteroatoms. The fourth-order valence-electron chi connectivity index (χ4n) is 2.47. The Kier molecular flexibility index (Phi) is 7.37. The first kappa shape index (κ1) is 20.5. The van der Waals surface area contributed by atoms with E-state index in [0.717, 1.165) is 12.1 Å². The van der Waals surface area contributed by atoms with E-state index in [-0.39, 0.29) is 12.5 Å². The molecule has 0 saturated heterocycles. The van der Waals surface area contributed by atoms with Crippen molar-refractivity contribution in [2.24, 2.45) is 5.73 Å². The molecule has 0 saturated carbocycles. The summed E-state index contributed by atoms with van der Waals surface area (Å²) in [6, 6.07) is 15.0. The minimum atomic E-state index is -0.534. The molecule has 0 atom stereocenters. The highest BCUT2D eigenvalue weighted by Crippen LogP contribution is 2.14. The van der Waals surface area contributed by atoms with Crippen LogP contribution in [0, 0.1) is 0 Å². The number of benzene rings is 2. The fourth-order valence-corrected chi connectivity index (χ4v) is 2.47. The lowest BCUT2D eigenvalue weighted by atomic mass is 10.1. The molecule has 0 fully saturated rings. The van der Waals surface area contributed by atoms with Crippen molar-refractivity contribution in [1.29, 1.82) is 0 Å². The van der Waals surface area contributed by atoms with Gasteiger partial charge in [-0.15, -0.1) is 0 Å². The maximum Gasteiger partial charge on any atom is 0.258 e. The van der Waals surface area contributed by atoms with Crippen molar-refractivity contribution in [3.8, 4) is 5.75 Å². The van der Waals surface area contributed by atoms with Gasteiger partial charge in [-0.05, 0) is 50.2 Å². The van der Waals surface area contributed by atoms with Crippen LogP contribution in [0.15, 0.2) is 48.5 Å². The number of nitrogens with zero attached hydrogens (tertiary/aromatic N) is 1. The SMILES string of the molecule is CC(C)N(C)Cc1ccccc1CNC(=O)COc1cccc(C(N)=O)c1. The number of carbonyl (C=O) groups excluding carboxylic acids is 2. The number of ether oxygens (including phenoxy) is 1. The maximum absolute atomic E-state index is 12.1. The highest BCUT2D eigenvalue weighted by Gasteiger charge is 2.10. The molecule has 0 heterocycles. The second kappa shape index (κ2) is 9.73. The summed E-state index contributed by atoms with van der Waals surface area (Å²) in [6.45, 7) is 5.42. The molecule has 0 spiro atoms. The number of hydrogen-bond donors (Lipinski definition) is 2. The van der Waals surface area contributed by atoms with Crippen molar-refractivity contribution < 1.29 is 14.3 Å². The summed E-state index contributed by atoms with van der Waals surface area (Å²) in [5.74, 6) is -0.334. The van der Waals surface area contributed by atoms with Crippen molar-refractivity contribution in [1.82, 2.24) is 10.2 Å². The number of rotatable bonds is 9. The average Bonchev–Trinajstić information content (AvgIpc) is 2.65. The molecule has 6 nitrogen and oxygen atoms in total. The Hall–Kier alpha value is -2.86. The van der Waals surface area contributed by atoms with Crippen LogP contribution in [0.4, 0.5) is 0 Å². The van der Waals surface area contributed by atoms with E-state index in [0.29, 0.717) is 23.9 Å². The molecule has 0 aliphatic rings. The van der Waals surface area contributed by atoms with Crippen molar-refractivity contribution in [2.75, 3.05) is 13.7 Å². The van der Waals surface area contributed by atoms with Gasteiger partial charge < -0.3 is 15.8 Å². The lowest BCUT2D eigenvalue weighted by Crippen LogP contribution is -2.30. The standard InChI is InChI=1S/C21H27N3O3/c1-15(2)24(3)13-18-8-5-4-7-17(18)12-23-20(25)14-27-19-10-6-9-16(11-19)21(22)26/h4-11,15H,12-14H2,1-3H3,(H2,22,26)(H,23,25). The van der Waals surface area contributed by atoms with Crippen LogP contribution in [-0.4, -0.2) is 36.4 Å². The Morgan fingerprint density at radius 3 is 2.48 bits per heavy atom. The molecule has 144 valence electrons. The zero-order valence-electron chi connectivity index (χ0n) is 16.1. The molecule has 2 rings (SSSR count). The van der Waals surface area contributed by atoms with Gasteiger partial charge in [0.05, 0.1) is 0 Å². The van der Waals surface area contributed by atoms with Crippen molar-refractivity contribution >= 4 is 11.8 Å². The van der Waals surface area contributed by atoms with Gasteiger partial charge in [0, 0.05) is 24.7 Å². The van der Waals surface area contributed by atoms with Gasteiger partial charge in [-0.3, -0.25) is 14.5 Å². The molecule has 0 aliphatic carbocycles. The van der Waals surface area contributed by atoms with Crippen LogP contribution in [0.5, 0.6) is 5.75 Å². The Labute approximate surface area is 160 Å². The Balaban J connectivity index is 1.89. The summed E-state index contributed by atoms with van der Waals surface area (Å²) in [5, 5.41) is 2.88. The van der Waals surface area contributed by atoms with E-state index < -0.39 is 5.91 Å². The third-order valence-corrected chi connectivity index (χ3v) is 4.38. The molecular formula is C21H27N3O3. The average molecular weight is 369 g/mol. The maximum atomic E-state index is 12.1. The molecule has 0 radical (unpaired) electrons. The molecule has 27 heavy (non-hydrogen) atoms. The van der Waals surface area contributed by atoms with Crippen LogP contribution in [0.2, 0.25) is 0 Å². The fraction of sp³-hybridized carbons (Fsp3) is 0.333. The van der Waals surface area contributed by atoms with Crippen molar-refractivity contribution in [2.45, 2.75) is 33.0 Å². The van der Waals surface area contributed by atoms with Gasteiger partial charge in [-0.25, -0.2) is 0 Å². The van der Waals surface area contributed by atoms with Gasteiger partial charge in [-0.2, -0.15) is 0 Å². The summed E-state index contributed by atoms with van der Waals surface area (Å²) in [5.41, 5.74) is 7.85. The number of primary amides is 1. The summed E-state index contributed by atoms with van der Waals surface area (Å²) in [6.07, 6.45) is 0. The first-order valence-corrected chi connectivity index (χ1v) is 8.93. The predicted octanol–water partition coefficient (Wildman–Crippen LogP) is 2.32. The number of amides is 2. The van der Waals surface area contributed by atoms with E-state index in [2.05, 4.69) is 37.2 Å². The topological polar surface area (TPSA) is 84.7 Å². The van der Waals surface area contributed by atoms with Gasteiger partial charge in [0.25, 0.3) is 5.91 Å². The molecule has 3 N–H and O–H groups in total. The first-order valence-electron chi connectivity index (χ1n) is 8.93. The van der Waals surface area contributed by atoms with E-state index >= 15 is 0 Å². The third-order valence-electron chi connectivity index (χ3n) is 4.38. The smallest absolute Gasteiger partial charge is 0.258 e. The Morgan fingerprint density at radius 2 is 1.81 bits per heavy atom. The Morgan fingerprint density at radius 1 is 1.11 bits per heavy atom. The van der Waals surface area contributed by atoms with Gasteiger partial charge in [0.1, 0.15) is 5.75 Å². The van der Waals surface area contributed by atoms with E-state index in [9.17, 15) is 9.59 Å². The second-order valence-corrected chi connectivity index (χ2v) is 6.74. The summed E-state index contributed by atoms with van der Waals surface area (Å²) < 4.78 is 5.45. The molecule has 2 aromatic carbocycles. The van der Waals surface area contributed by atoms with Crippen LogP contribution in [-0.2, 0) is 17.9 Å². The number of nitrogens with two attached hydrogens (primary N) is 1. The van der Waals surface area contributed by atoms with Gasteiger partial charge in [0.15, 0.2) is 6.61 Å². The van der Waals surface area contributed by atoms with E-state index in [4.69, 9.17) is 10.5 Å². The largest absolute Gasteiger partial charge is 0.484 e. The number of carbonyl (C=O) groups is 2. The molecule has 0 unspecified atom stereocenters. The lowest BCUT2D eigenvalue weighted by molar-refractivity contribution is -0.123. The second-order valence-electron chi connectivity index (χ2n) is 6.74.